The van der Waals surface area contributed by atoms with Crippen LogP contribution in [0.4, 0.5) is 0 Å². The topological polar surface area (TPSA) is 17.1 Å². The molecule has 0 aliphatic rings. The molecule has 0 N–H and O–H groups in total. The molecule has 0 aliphatic heterocycles. The molecule has 0 radical (unpaired) electrons. The van der Waals surface area contributed by atoms with Crippen LogP contribution in [0.3, 0.4) is 0 Å². The highest BCUT2D eigenvalue weighted by atomic mass is 16.1. The average Bonchev–Trinajstić information content (AvgIpc) is 2.21. The van der Waals surface area contributed by atoms with E-state index in [-0.39, 0.29) is 5.78 Å². The van der Waals surface area contributed by atoms with Crippen molar-refractivity contribution in [3.8, 4) is 0 Å². The summed E-state index contributed by atoms with van der Waals surface area (Å²) in [5.41, 5.74) is 3.40. The van der Waals surface area contributed by atoms with Gasteiger partial charge in [0.1, 0.15) is 0 Å². The SMILES string of the molecule is CCCc1ccc(CCC)c(C(C)=O)c1. The lowest BCUT2D eigenvalue weighted by Crippen LogP contribution is -2.01. The van der Waals surface area contributed by atoms with Crippen LogP contribution in [0.15, 0.2) is 18.2 Å². The molecule has 1 heteroatoms. The van der Waals surface area contributed by atoms with Gasteiger partial charge < -0.3 is 0 Å². The van der Waals surface area contributed by atoms with Crippen molar-refractivity contribution in [2.45, 2.75) is 46.5 Å². The molecule has 0 aliphatic carbocycles. The number of aryl methyl sites for hydroxylation is 2. The summed E-state index contributed by atoms with van der Waals surface area (Å²) in [7, 11) is 0. The Morgan fingerprint density at radius 2 is 1.80 bits per heavy atom. The highest BCUT2D eigenvalue weighted by molar-refractivity contribution is 5.95. The second-order valence-electron chi connectivity index (χ2n) is 4.05. The van der Waals surface area contributed by atoms with E-state index in [1.165, 1.54) is 11.1 Å². The third kappa shape index (κ3) is 3.19. The normalized spacial score (nSPS) is 10.3. The molecule has 0 saturated carbocycles. The minimum absolute atomic E-state index is 0.191. The predicted octanol–water partition coefficient (Wildman–Crippen LogP) is 3.79. The molecule has 1 nitrogen and oxygen atoms in total. The molecule has 0 heterocycles. The van der Waals surface area contributed by atoms with Crippen LogP contribution in [-0.4, -0.2) is 5.78 Å². The van der Waals surface area contributed by atoms with Crippen LogP contribution < -0.4 is 0 Å². The van der Waals surface area contributed by atoms with Crippen LogP contribution in [-0.2, 0) is 12.8 Å². The van der Waals surface area contributed by atoms with Gasteiger partial charge in [-0.1, -0.05) is 38.8 Å². The Kier molecular flexibility index (Phi) is 4.54. The lowest BCUT2D eigenvalue weighted by atomic mass is 9.96. The highest BCUT2D eigenvalue weighted by Gasteiger charge is 2.07. The number of carbonyl (C=O) groups excluding carboxylic acids is 1. The van der Waals surface area contributed by atoms with Gasteiger partial charge in [0.15, 0.2) is 5.78 Å². The quantitative estimate of drug-likeness (QED) is 0.667. The third-order valence-electron chi connectivity index (χ3n) is 2.61. The largest absolute Gasteiger partial charge is 0.295 e. The van der Waals surface area contributed by atoms with Gasteiger partial charge in [-0.3, -0.25) is 4.79 Å². The molecule has 0 spiro atoms. The molecule has 0 aromatic heterocycles. The summed E-state index contributed by atoms with van der Waals surface area (Å²) >= 11 is 0. The Morgan fingerprint density at radius 1 is 1.13 bits per heavy atom. The first-order valence-electron chi connectivity index (χ1n) is 5.81. The Hall–Kier alpha value is -1.11. The molecule has 1 aromatic carbocycles. The number of hydrogen-bond donors (Lipinski definition) is 0. The standard InChI is InChI=1S/C14H20O/c1-4-6-12-8-9-13(7-5-2)14(10-12)11(3)15/h8-10H,4-7H2,1-3H3. The van der Waals surface area contributed by atoms with Crippen LogP contribution in [0.5, 0.6) is 0 Å². The summed E-state index contributed by atoms with van der Waals surface area (Å²) in [5.74, 6) is 0.191. The van der Waals surface area contributed by atoms with Crippen LogP contribution in [0.1, 0.15) is 55.1 Å². The molecule has 0 fully saturated rings. The van der Waals surface area contributed by atoms with Gasteiger partial charge in [-0.15, -0.1) is 0 Å². The molecular weight excluding hydrogens is 184 g/mol. The van der Waals surface area contributed by atoms with Gasteiger partial charge in [0, 0.05) is 5.56 Å². The molecule has 0 atom stereocenters. The van der Waals surface area contributed by atoms with Crippen molar-refractivity contribution in [1.29, 1.82) is 0 Å². The van der Waals surface area contributed by atoms with E-state index in [0.717, 1.165) is 31.2 Å². The molecule has 0 amide bonds. The van der Waals surface area contributed by atoms with Gasteiger partial charge in [-0.2, -0.15) is 0 Å². The number of rotatable bonds is 5. The minimum atomic E-state index is 0.191. The Labute approximate surface area is 92.5 Å². The predicted molar refractivity (Wildman–Crippen MR) is 64.4 cm³/mol. The number of carbonyl (C=O) groups is 1. The third-order valence-corrected chi connectivity index (χ3v) is 2.61. The Morgan fingerprint density at radius 3 is 2.33 bits per heavy atom. The summed E-state index contributed by atoms with van der Waals surface area (Å²) in [6.07, 6.45) is 4.28. The number of benzene rings is 1. The van der Waals surface area contributed by atoms with Gasteiger partial charge in [0.25, 0.3) is 0 Å². The smallest absolute Gasteiger partial charge is 0.160 e. The van der Waals surface area contributed by atoms with Crippen molar-refractivity contribution in [3.63, 3.8) is 0 Å². The first-order valence-corrected chi connectivity index (χ1v) is 5.81. The van der Waals surface area contributed by atoms with Gasteiger partial charge in [-0.25, -0.2) is 0 Å². The summed E-state index contributed by atoms with van der Waals surface area (Å²) in [6.45, 7) is 5.96. The maximum Gasteiger partial charge on any atom is 0.160 e. The van der Waals surface area contributed by atoms with Crippen LogP contribution >= 0.6 is 0 Å². The fourth-order valence-corrected chi connectivity index (χ4v) is 1.88. The lowest BCUT2D eigenvalue weighted by Gasteiger charge is -2.08. The van der Waals surface area contributed by atoms with E-state index >= 15 is 0 Å². The number of ketones is 1. The second kappa shape index (κ2) is 5.69. The Bertz CT molecular complexity index is 339. The van der Waals surface area contributed by atoms with Gasteiger partial charge >= 0.3 is 0 Å². The molecule has 0 unspecified atom stereocenters. The fourth-order valence-electron chi connectivity index (χ4n) is 1.88. The zero-order valence-electron chi connectivity index (χ0n) is 9.97. The van der Waals surface area contributed by atoms with Crippen LogP contribution in [0.25, 0.3) is 0 Å². The van der Waals surface area contributed by atoms with Gasteiger partial charge in [0.2, 0.25) is 0 Å². The van der Waals surface area contributed by atoms with Crippen LogP contribution in [0, 0.1) is 0 Å². The summed E-state index contributed by atoms with van der Waals surface area (Å²) < 4.78 is 0. The molecule has 1 rings (SSSR count). The maximum atomic E-state index is 11.5. The minimum Gasteiger partial charge on any atom is -0.295 e. The fraction of sp³-hybridized carbons (Fsp3) is 0.500. The number of hydrogen-bond acceptors (Lipinski definition) is 1. The molecular formula is C14H20O. The van der Waals surface area contributed by atoms with E-state index < -0.39 is 0 Å². The summed E-state index contributed by atoms with van der Waals surface area (Å²) in [6, 6.07) is 6.34. The molecule has 82 valence electrons. The van der Waals surface area contributed by atoms with E-state index in [1.807, 2.05) is 0 Å². The van der Waals surface area contributed by atoms with E-state index in [1.54, 1.807) is 6.92 Å². The zero-order chi connectivity index (χ0) is 11.3. The zero-order valence-corrected chi connectivity index (χ0v) is 9.97. The molecule has 15 heavy (non-hydrogen) atoms. The van der Waals surface area contributed by atoms with Crippen molar-refractivity contribution >= 4 is 5.78 Å². The maximum absolute atomic E-state index is 11.5. The monoisotopic (exact) mass is 204 g/mol. The van der Waals surface area contributed by atoms with Crippen molar-refractivity contribution in [3.05, 3.63) is 34.9 Å². The van der Waals surface area contributed by atoms with Gasteiger partial charge in [-0.05, 0) is 37.0 Å². The van der Waals surface area contributed by atoms with E-state index in [4.69, 9.17) is 0 Å². The first kappa shape index (κ1) is 12.0. The second-order valence-corrected chi connectivity index (χ2v) is 4.05. The first-order chi connectivity index (χ1) is 7.19. The molecule has 1 aromatic rings. The van der Waals surface area contributed by atoms with E-state index in [2.05, 4.69) is 32.0 Å². The highest BCUT2D eigenvalue weighted by Crippen LogP contribution is 2.16. The van der Waals surface area contributed by atoms with E-state index in [0.29, 0.717) is 0 Å². The molecule has 0 bridgehead atoms. The van der Waals surface area contributed by atoms with Crippen molar-refractivity contribution in [2.75, 3.05) is 0 Å². The van der Waals surface area contributed by atoms with Crippen molar-refractivity contribution in [1.82, 2.24) is 0 Å². The lowest BCUT2D eigenvalue weighted by molar-refractivity contribution is 0.101. The van der Waals surface area contributed by atoms with Crippen molar-refractivity contribution < 1.29 is 4.79 Å². The average molecular weight is 204 g/mol. The van der Waals surface area contributed by atoms with Crippen molar-refractivity contribution in [2.24, 2.45) is 0 Å². The molecule has 0 saturated heterocycles. The van der Waals surface area contributed by atoms with Crippen LogP contribution in [0.2, 0.25) is 0 Å². The number of Topliss-reactive ketones (excluding diaryl/α,β-unsaturated/α-hetero) is 1. The summed E-state index contributed by atoms with van der Waals surface area (Å²) in [5, 5.41) is 0. The summed E-state index contributed by atoms with van der Waals surface area (Å²) in [4.78, 5) is 11.5. The van der Waals surface area contributed by atoms with Gasteiger partial charge in [0.05, 0.1) is 0 Å². The Balaban J connectivity index is 3.03. The van der Waals surface area contributed by atoms with E-state index in [9.17, 15) is 4.79 Å².